The van der Waals surface area contributed by atoms with Crippen LogP contribution in [0.25, 0.3) is 11.3 Å². The smallest absolute Gasteiger partial charge is 0.306 e. The molecule has 2 aliphatic carbocycles. The van der Waals surface area contributed by atoms with E-state index in [0.717, 1.165) is 24.1 Å². The van der Waals surface area contributed by atoms with Crippen LogP contribution in [-0.2, 0) is 26.8 Å². The number of carboxylic acids is 1. The van der Waals surface area contributed by atoms with E-state index in [2.05, 4.69) is 10.0 Å². The van der Waals surface area contributed by atoms with Crippen molar-refractivity contribution in [1.82, 2.24) is 19.8 Å². The van der Waals surface area contributed by atoms with Crippen molar-refractivity contribution >= 4 is 21.9 Å². The lowest BCUT2D eigenvalue weighted by Crippen LogP contribution is -2.46. The Labute approximate surface area is 238 Å². The molecule has 1 aromatic heterocycles. The number of aromatic nitrogens is 2. The number of carbonyl (C=O) groups excluding carboxylic acids is 1. The summed E-state index contributed by atoms with van der Waals surface area (Å²) in [4.78, 5) is 24.5. The lowest BCUT2D eigenvalue weighted by Gasteiger charge is -2.32. The normalized spacial score (nSPS) is 20.6. The molecule has 3 N–H and O–H groups in total. The molecule has 2 fully saturated rings. The van der Waals surface area contributed by atoms with Gasteiger partial charge in [-0.1, -0.05) is 46.1 Å². The Morgan fingerprint density at radius 1 is 1.02 bits per heavy atom. The van der Waals surface area contributed by atoms with E-state index in [0.29, 0.717) is 30.9 Å². The van der Waals surface area contributed by atoms with Gasteiger partial charge in [0, 0.05) is 23.7 Å². The average molecular weight is 573 g/mol. The van der Waals surface area contributed by atoms with Crippen LogP contribution in [0.2, 0.25) is 0 Å². The van der Waals surface area contributed by atoms with Gasteiger partial charge in [0.15, 0.2) is 5.69 Å². The third kappa shape index (κ3) is 7.13. The summed E-state index contributed by atoms with van der Waals surface area (Å²) in [6.45, 7) is 12.1. The molecule has 10 heteroatoms. The highest BCUT2D eigenvalue weighted by molar-refractivity contribution is 7.89. The third-order valence-electron chi connectivity index (χ3n) is 7.80. The van der Waals surface area contributed by atoms with E-state index < -0.39 is 32.9 Å². The summed E-state index contributed by atoms with van der Waals surface area (Å²) in [6, 6.07) is 6.97. The number of hydrogen-bond acceptors (Lipinski definition) is 5. The van der Waals surface area contributed by atoms with Gasteiger partial charge in [-0.2, -0.15) is 5.10 Å². The van der Waals surface area contributed by atoms with Crippen LogP contribution in [0.5, 0.6) is 0 Å². The predicted octanol–water partition coefficient (Wildman–Crippen LogP) is 5.10. The summed E-state index contributed by atoms with van der Waals surface area (Å²) in [7, 11) is -3.77. The molecular weight excluding hydrogens is 528 g/mol. The zero-order valence-corrected chi connectivity index (χ0v) is 25.4. The standard InChI is InChI=1S/C30H44N4O5S/c1-29(2,3)23-16-20(12-13-26(23)40(38,39)33-30(4,5)6)25-17-24(27(35)31-22-14-21(15-22)28(36)37)32-34(25)18-19-10-8-7-9-11-19/h12-13,16-17,19,21-22,33H,7-11,14-15,18H2,1-6H3,(H,31,35)(H,36,37). The Kier molecular flexibility index (Phi) is 8.53. The lowest BCUT2D eigenvalue weighted by molar-refractivity contribution is -0.145. The highest BCUT2D eigenvalue weighted by Crippen LogP contribution is 2.35. The molecule has 9 nitrogen and oxygen atoms in total. The molecule has 1 heterocycles. The molecule has 2 saturated carbocycles. The number of hydrogen-bond donors (Lipinski definition) is 3. The first-order chi connectivity index (χ1) is 18.5. The van der Waals surface area contributed by atoms with Crippen LogP contribution in [0, 0.1) is 11.8 Å². The van der Waals surface area contributed by atoms with E-state index in [1.54, 1.807) is 18.2 Å². The molecular formula is C30H44N4O5S. The fourth-order valence-corrected chi connectivity index (χ4v) is 7.50. The number of benzene rings is 1. The lowest BCUT2D eigenvalue weighted by atomic mass is 9.80. The van der Waals surface area contributed by atoms with Crippen molar-refractivity contribution in [2.24, 2.45) is 11.8 Å². The van der Waals surface area contributed by atoms with Crippen LogP contribution >= 0.6 is 0 Å². The zero-order valence-electron chi connectivity index (χ0n) is 24.6. The topological polar surface area (TPSA) is 130 Å². The van der Waals surface area contributed by atoms with Crippen molar-refractivity contribution in [2.75, 3.05) is 0 Å². The first-order valence-corrected chi connectivity index (χ1v) is 15.8. The monoisotopic (exact) mass is 572 g/mol. The number of rotatable bonds is 8. The number of carboxylic acid groups (broad SMARTS) is 1. The maximum Gasteiger partial charge on any atom is 0.306 e. The summed E-state index contributed by atoms with van der Waals surface area (Å²) in [6.07, 6.45) is 6.67. The Hall–Kier alpha value is -2.72. The molecule has 2 aliphatic rings. The van der Waals surface area contributed by atoms with E-state index in [4.69, 9.17) is 10.2 Å². The Bertz CT molecular complexity index is 1360. The van der Waals surface area contributed by atoms with Gasteiger partial charge in [-0.05, 0) is 81.5 Å². The number of amides is 1. The van der Waals surface area contributed by atoms with Crippen molar-refractivity contribution in [1.29, 1.82) is 0 Å². The van der Waals surface area contributed by atoms with Crippen LogP contribution in [-0.4, -0.2) is 46.8 Å². The molecule has 4 rings (SSSR count). The van der Waals surface area contributed by atoms with Gasteiger partial charge >= 0.3 is 5.97 Å². The minimum Gasteiger partial charge on any atom is -0.481 e. The first-order valence-electron chi connectivity index (χ1n) is 14.3. The quantitative estimate of drug-likeness (QED) is 0.404. The SMILES string of the molecule is CC(C)(C)NS(=O)(=O)c1ccc(-c2cc(C(=O)NC3CC(C(=O)O)C3)nn2CC2CCCCC2)cc1C(C)(C)C. The van der Waals surface area contributed by atoms with Crippen molar-refractivity contribution in [3.8, 4) is 11.3 Å². The van der Waals surface area contributed by atoms with E-state index in [1.165, 1.54) is 19.3 Å². The summed E-state index contributed by atoms with van der Waals surface area (Å²) >= 11 is 0. The molecule has 1 aromatic carbocycles. The van der Waals surface area contributed by atoms with Gasteiger partial charge in [0.25, 0.3) is 5.91 Å². The second kappa shape index (κ2) is 11.3. The summed E-state index contributed by atoms with van der Waals surface area (Å²) in [5, 5.41) is 16.8. The minimum absolute atomic E-state index is 0.173. The van der Waals surface area contributed by atoms with Crippen LogP contribution in [0.3, 0.4) is 0 Å². The van der Waals surface area contributed by atoms with Gasteiger partial charge in [0.2, 0.25) is 10.0 Å². The molecule has 0 spiro atoms. The van der Waals surface area contributed by atoms with Crippen LogP contribution in [0.4, 0.5) is 0 Å². The van der Waals surface area contributed by atoms with E-state index in [9.17, 15) is 18.0 Å². The molecule has 0 atom stereocenters. The maximum absolute atomic E-state index is 13.4. The highest BCUT2D eigenvalue weighted by atomic mass is 32.2. The Morgan fingerprint density at radius 2 is 1.68 bits per heavy atom. The van der Waals surface area contributed by atoms with Crippen molar-refractivity contribution in [3.63, 3.8) is 0 Å². The van der Waals surface area contributed by atoms with Gasteiger partial charge in [-0.15, -0.1) is 0 Å². The van der Waals surface area contributed by atoms with Gasteiger partial charge in [0.05, 0.1) is 16.5 Å². The zero-order chi connectivity index (χ0) is 29.5. The molecule has 1 amide bonds. The fourth-order valence-electron chi connectivity index (χ4n) is 5.68. The molecule has 0 unspecified atom stereocenters. The van der Waals surface area contributed by atoms with Crippen LogP contribution in [0.1, 0.15) is 103 Å². The summed E-state index contributed by atoms with van der Waals surface area (Å²) in [5.41, 5.74) is 1.46. The van der Waals surface area contributed by atoms with E-state index >= 15 is 0 Å². The van der Waals surface area contributed by atoms with Crippen LogP contribution < -0.4 is 10.0 Å². The number of carbonyl (C=O) groups is 2. The Morgan fingerprint density at radius 3 is 2.25 bits per heavy atom. The number of nitrogens with one attached hydrogen (secondary N) is 2. The number of aliphatic carboxylic acids is 1. The largest absolute Gasteiger partial charge is 0.481 e. The molecule has 0 radical (unpaired) electrons. The van der Waals surface area contributed by atoms with Gasteiger partial charge in [-0.3, -0.25) is 14.3 Å². The second-order valence-electron chi connectivity index (χ2n) is 13.6. The van der Waals surface area contributed by atoms with Crippen molar-refractivity contribution in [2.45, 2.75) is 115 Å². The number of sulfonamides is 1. The van der Waals surface area contributed by atoms with Crippen molar-refractivity contribution < 1.29 is 23.1 Å². The minimum atomic E-state index is -3.77. The van der Waals surface area contributed by atoms with E-state index in [-0.39, 0.29) is 22.5 Å². The molecule has 0 saturated heterocycles. The molecule has 40 heavy (non-hydrogen) atoms. The first kappa shape index (κ1) is 30.2. The average Bonchev–Trinajstić information content (AvgIpc) is 3.22. The molecule has 0 aliphatic heterocycles. The van der Waals surface area contributed by atoms with Crippen LogP contribution in [0.15, 0.2) is 29.2 Å². The third-order valence-corrected chi connectivity index (χ3v) is 9.62. The summed E-state index contributed by atoms with van der Waals surface area (Å²) < 4.78 is 31.4. The second-order valence-corrected chi connectivity index (χ2v) is 15.2. The van der Waals surface area contributed by atoms with Gasteiger partial charge in [0.1, 0.15) is 0 Å². The van der Waals surface area contributed by atoms with Gasteiger partial charge in [-0.25, -0.2) is 13.1 Å². The highest BCUT2D eigenvalue weighted by Gasteiger charge is 2.36. The Balaban J connectivity index is 1.71. The van der Waals surface area contributed by atoms with E-state index in [1.807, 2.05) is 52.3 Å². The summed E-state index contributed by atoms with van der Waals surface area (Å²) in [5.74, 6) is -1.10. The predicted molar refractivity (Wildman–Crippen MR) is 155 cm³/mol. The van der Waals surface area contributed by atoms with Gasteiger partial charge < -0.3 is 10.4 Å². The fraction of sp³-hybridized carbons (Fsp3) is 0.633. The molecule has 220 valence electrons. The number of nitrogens with zero attached hydrogens (tertiary/aromatic N) is 2. The molecule has 2 aromatic rings. The van der Waals surface area contributed by atoms with Crippen molar-refractivity contribution in [3.05, 3.63) is 35.5 Å². The molecule has 0 bridgehead atoms. The maximum atomic E-state index is 13.4.